The van der Waals surface area contributed by atoms with E-state index in [1.54, 1.807) is 0 Å². The van der Waals surface area contributed by atoms with Gasteiger partial charge >= 0.3 is 5.88 Å². The number of unbranched alkanes of at least 4 members (excludes halogenated alkanes) is 4. The summed E-state index contributed by atoms with van der Waals surface area (Å²) in [6.45, 7) is 2.71. The van der Waals surface area contributed by atoms with E-state index in [2.05, 4.69) is 12.2 Å². The molecule has 100 valence electrons. The number of nitro groups is 1. The largest absolute Gasteiger partial charge is 0.433 e. The van der Waals surface area contributed by atoms with Crippen molar-refractivity contribution in [2.45, 2.75) is 39.0 Å². The summed E-state index contributed by atoms with van der Waals surface area (Å²) in [5, 5.41) is 13.1. The Hall–Kier alpha value is -1.85. The van der Waals surface area contributed by atoms with Gasteiger partial charge in [-0.3, -0.25) is 14.9 Å². The van der Waals surface area contributed by atoms with Gasteiger partial charge in [0, 0.05) is 6.54 Å². The number of amides is 1. The smallest absolute Gasteiger partial charge is 0.395 e. The third kappa shape index (κ3) is 4.57. The average Bonchev–Trinajstić information content (AvgIpc) is 2.83. The van der Waals surface area contributed by atoms with Crippen molar-refractivity contribution in [3.8, 4) is 0 Å². The third-order valence-corrected chi connectivity index (χ3v) is 2.56. The van der Waals surface area contributed by atoms with Gasteiger partial charge in [0.1, 0.15) is 4.92 Å². The zero-order valence-corrected chi connectivity index (χ0v) is 10.5. The summed E-state index contributed by atoms with van der Waals surface area (Å²) < 4.78 is 4.79. The highest BCUT2D eigenvalue weighted by Crippen LogP contribution is 2.15. The molecule has 6 nitrogen and oxygen atoms in total. The van der Waals surface area contributed by atoms with Crippen LogP contribution in [0.3, 0.4) is 0 Å². The summed E-state index contributed by atoms with van der Waals surface area (Å²) in [7, 11) is 0. The molecule has 1 rings (SSSR count). The maximum absolute atomic E-state index is 11.5. The van der Waals surface area contributed by atoms with Gasteiger partial charge in [-0.05, 0) is 12.5 Å². The molecule has 0 unspecified atom stereocenters. The van der Waals surface area contributed by atoms with Crippen LogP contribution in [0, 0.1) is 10.1 Å². The number of nitrogens with one attached hydrogen (secondary N) is 1. The first-order valence-electron chi connectivity index (χ1n) is 6.17. The molecule has 0 spiro atoms. The van der Waals surface area contributed by atoms with Gasteiger partial charge in [-0.15, -0.1) is 0 Å². The molecule has 0 aliphatic rings. The normalized spacial score (nSPS) is 10.3. The number of hydrogen-bond acceptors (Lipinski definition) is 4. The molecule has 0 atom stereocenters. The Kier molecular flexibility index (Phi) is 5.90. The van der Waals surface area contributed by atoms with Crippen LogP contribution in [0.1, 0.15) is 49.6 Å². The van der Waals surface area contributed by atoms with Crippen LogP contribution in [0.5, 0.6) is 0 Å². The summed E-state index contributed by atoms with van der Waals surface area (Å²) in [5.74, 6) is -0.836. The fourth-order valence-electron chi connectivity index (χ4n) is 1.57. The van der Waals surface area contributed by atoms with Gasteiger partial charge in [0.05, 0.1) is 6.07 Å². The molecule has 0 saturated carbocycles. The summed E-state index contributed by atoms with van der Waals surface area (Å²) in [5.41, 5.74) is 0. The second kappa shape index (κ2) is 7.47. The number of rotatable bonds is 8. The van der Waals surface area contributed by atoms with E-state index in [1.165, 1.54) is 31.4 Å². The third-order valence-electron chi connectivity index (χ3n) is 2.56. The Morgan fingerprint density at radius 2 is 2.06 bits per heavy atom. The lowest BCUT2D eigenvalue weighted by molar-refractivity contribution is -0.402. The Morgan fingerprint density at radius 3 is 2.67 bits per heavy atom. The van der Waals surface area contributed by atoms with Gasteiger partial charge in [-0.2, -0.15) is 0 Å². The minimum Gasteiger partial charge on any atom is -0.395 e. The number of carbonyl (C=O) groups excluding carboxylic acids is 1. The molecule has 1 N–H and O–H groups in total. The molecule has 1 aromatic rings. The fourth-order valence-corrected chi connectivity index (χ4v) is 1.57. The van der Waals surface area contributed by atoms with Crippen LogP contribution in [0.4, 0.5) is 5.88 Å². The molecular weight excluding hydrogens is 236 g/mol. The lowest BCUT2D eigenvalue weighted by atomic mass is 10.1. The van der Waals surface area contributed by atoms with Crippen molar-refractivity contribution in [3.63, 3.8) is 0 Å². The summed E-state index contributed by atoms with van der Waals surface area (Å²) >= 11 is 0. The van der Waals surface area contributed by atoms with E-state index in [0.717, 1.165) is 12.8 Å². The van der Waals surface area contributed by atoms with Gasteiger partial charge in [-0.1, -0.05) is 32.6 Å². The van der Waals surface area contributed by atoms with Gasteiger partial charge in [-0.25, -0.2) is 0 Å². The first kappa shape index (κ1) is 14.2. The minimum absolute atomic E-state index is 0.0183. The van der Waals surface area contributed by atoms with Crippen LogP contribution in [0.15, 0.2) is 16.5 Å². The molecule has 0 fully saturated rings. The molecule has 0 bridgehead atoms. The molecule has 0 radical (unpaired) electrons. The standard InChI is InChI=1S/C12H18N2O4/c1-2-3-4-5-6-9-13-12(15)10-7-8-11(18-10)14(16)17/h7-8H,2-6,9H2,1H3,(H,13,15). The Balaban J connectivity index is 2.25. The molecule has 0 saturated heterocycles. The topological polar surface area (TPSA) is 85.4 Å². The Labute approximate surface area is 106 Å². The fraction of sp³-hybridized carbons (Fsp3) is 0.583. The van der Waals surface area contributed by atoms with Gasteiger partial charge < -0.3 is 9.73 Å². The first-order valence-corrected chi connectivity index (χ1v) is 6.17. The van der Waals surface area contributed by atoms with Crippen LogP contribution in [0.2, 0.25) is 0 Å². The van der Waals surface area contributed by atoms with E-state index in [-0.39, 0.29) is 5.76 Å². The maximum atomic E-state index is 11.5. The van der Waals surface area contributed by atoms with E-state index >= 15 is 0 Å². The monoisotopic (exact) mass is 254 g/mol. The van der Waals surface area contributed by atoms with Crippen molar-refractivity contribution < 1.29 is 14.1 Å². The molecule has 1 aromatic heterocycles. The van der Waals surface area contributed by atoms with E-state index in [9.17, 15) is 14.9 Å². The van der Waals surface area contributed by atoms with Crippen LogP contribution < -0.4 is 5.32 Å². The van der Waals surface area contributed by atoms with E-state index in [0.29, 0.717) is 6.54 Å². The minimum atomic E-state index is -0.665. The van der Waals surface area contributed by atoms with Crippen LogP contribution >= 0.6 is 0 Å². The van der Waals surface area contributed by atoms with E-state index in [4.69, 9.17) is 4.42 Å². The predicted octanol–water partition coefficient (Wildman–Crippen LogP) is 2.89. The number of nitrogens with zero attached hydrogens (tertiary/aromatic N) is 1. The summed E-state index contributed by atoms with van der Waals surface area (Å²) in [6, 6.07) is 2.49. The molecule has 0 aromatic carbocycles. The lowest BCUT2D eigenvalue weighted by Gasteiger charge is -2.02. The van der Waals surface area contributed by atoms with Crippen LogP contribution in [-0.4, -0.2) is 17.4 Å². The molecule has 0 aliphatic heterocycles. The molecular formula is C12H18N2O4. The Morgan fingerprint density at radius 1 is 1.33 bits per heavy atom. The first-order chi connectivity index (χ1) is 8.65. The highest BCUT2D eigenvalue weighted by atomic mass is 16.6. The predicted molar refractivity (Wildman–Crippen MR) is 66.5 cm³/mol. The van der Waals surface area contributed by atoms with Crippen molar-refractivity contribution in [1.29, 1.82) is 0 Å². The average molecular weight is 254 g/mol. The Bertz CT molecular complexity index is 401. The molecule has 0 aliphatic carbocycles. The number of furan rings is 1. The van der Waals surface area contributed by atoms with E-state index < -0.39 is 16.7 Å². The molecule has 18 heavy (non-hydrogen) atoms. The summed E-state index contributed by atoms with van der Waals surface area (Å²) in [6.07, 6.45) is 5.54. The van der Waals surface area contributed by atoms with Crippen molar-refractivity contribution in [2.24, 2.45) is 0 Å². The molecule has 1 heterocycles. The van der Waals surface area contributed by atoms with Crippen LogP contribution in [-0.2, 0) is 0 Å². The lowest BCUT2D eigenvalue weighted by Crippen LogP contribution is -2.23. The second-order valence-corrected chi connectivity index (χ2v) is 4.07. The molecule has 6 heteroatoms. The van der Waals surface area contributed by atoms with E-state index in [1.807, 2.05) is 0 Å². The second-order valence-electron chi connectivity index (χ2n) is 4.07. The van der Waals surface area contributed by atoms with Gasteiger partial charge in [0.25, 0.3) is 5.91 Å². The zero-order valence-electron chi connectivity index (χ0n) is 10.5. The SMILES string of the molecule is CCCCCCCNC(=O)c1ccc([N+](=O)[O-])o1. The number of carbonyl (C=O) groups is 1. The van der Waals surface area contributed by atoms with Crippen molar-refractivity contribution in [3.05, 3.63) is 28.0 Å². The maximum Gasteiger partial charge on any atom is 0.433 e. The van der Waals surface area contributed by atoms with Gasteiger partial charge in [0.2, 0.25) is 0 Å². The summed E-state index contributed by atoms with van der Waals surface area (Å²) in [4.78, 5) is 21.3. The quantitative estimate of drug-likeness (QED) is 0.439. The van der Waals surface area contributed by atoms with Crippen LogP contribution in [0.25, 0.3) is 0 Å². The van der Waals surface area contributed by atoms with Crippen molar-refractivity contribution in [2.75, 3.05) is 6.54 Å². The van der Waals surface area contributed by atoms with Crippen molar-refractivity contribution in [1.82, 2.24) is 5.32 Å². The van der Waals surface area contributed by atoms with Gasteiger partial charge in [0.15, 0.2) is 5.76 Å². The highest BCUT2D eigenvalue weighted by molar-refractivity contribution is 5.91. The zero-order chi connectivity index (χ0) is 13.4. The van der Waals surface area contributed by atoms with Crippen molar-refractivity contribution >= 4 is 11.8 Å². The highest BCUT2D eigenvalue weighted by Gasteiger charge is 2.16. The number of hydrogen-bond donors (Lipinski definition) is 1. The molecule has 1 amide bonds.